The van der Waals surface area contributed by atoms with Crippen molar-refractivity contribution in [1.82, 2.24) is 8.96 Å². The summed E-state index contributed by atoms with van der Waals surface area (Å²) in [5.41, 5.74) is 2.53. The number of hydrogen-bond donors (Lipinski definition) is 1. The molecule has 0 atom stereocenters. The van der Waals surface area contributed by atoms with Crippen molar-refractivity contribution in [3.05, 3.63) is 83.4 Å². The van der Waals surface area contributed by atoms with Gasteiger partial charge in [0.1, 0.15) is 11.6 Å². The van der Waals surface area contributed by atoms with Gasteiger partial charge in [-0.15, -0.1) is 0 Å². The summed E-state index contributed by atoms with van der Waals surface area (Å²) in [5.74, 6) is -0.977. The number of carbonyl (C=O) groups is 1. The number of rotatable bonds is 6. The van der Waals surface area contributed by atoms with E-state index in [1.807, 2.05) is 31.0 Å². The molecule has 0 bridgehead atoms. The molecule has 0 amide bonds. The Bertz CT molecular complexity index is 1480. The molecule has 0 aliphatic heterocycles. The molecule has 0 saturated heterocycles. The molecule has 0 radical (unpaired) electrons. The summed E-state index contributed by atoms with van der Waals surface area (Å²) in [5, 5.41) is 9.54. The third kappa shape index (κ3) is 4.07. The van der Waals surface area contributed by atoms with Crippen molar-refractivity contribution in [2.24, 2.45) is 0 Å². The number of carboxylic acids is 1. The molecular weight excluding hydrogens is 445 g/mol. The number of anilines is 2. The van der Waals surface area contributed by atoms with Crippen molar-refractivity contribution in [3.63, 3.8) is 0 Å². The molecule has 9 heteroatoms. The number of aromatic nitrogens is 2. The fourth-order valence-corrected chi connectivity index (χ4v) is 5.47. The van der Waals surface area contributed by atoms with Crippen LogP contribution in [-0.4, -0.2) is 35.5 Å². The van der Waals surface area contributed by atoms with E-state index in [2.05, 4.69) is 4.98 Å². The number of nitrogens with zero attached hydrogens (tertiary/aromatic N) is 3. The van der Waals surface area contributed by atoms with Gasteiger partial charge in [0.25, 0.3) is 10.0 Å². The Labute approximate surface area is 190 Å². The molecule has 7 nitrogen and oxygen atoms in total. The molecule has 0 aliphatic rings. The van der Waals surface area contributed by atoms with Gasteiger partial charge in [0, 0.05) is 30.0 Å². The van der Waals surface area contributed by atoms with Gasteiger partial charge in [0.05, 0.1) is 16.8 Å². The lowest BCUT2D eigenvalue weighted by atomic mass is 10.1. The summed E-state index contributed by atoms with van der Waals surface area (Å²) in [6, 6.07) is 13.8. The van der Waals surface area contributed by atoms with E-state index in [1.54, 1.807) is 18.3 Å². The normalized spacial score (nSPS) is 11.6. The molecule has 0 spiro atoms. The van der Waals surface area contributed by atoms with Crippen LogP contribution in [0.25, 0.3) is 10.9 Å². The van der Waals surface area contributed by atoms with Gasteiger partial charge >= 0.3 is 5.97 Å². The molecule has 0 unspecified atom stereocenters. The molecule has 0 saturated carbocycles. The largest absolute Gasteiger partial charge is 0.481 e. The topological polar surface area (TPSA) is 92.5 Å². The highest BCUT2D eigenvalue weighted by molar-refractivity contribution is 7.90. The second-order valence-electron chi connectivity index (χ2n) is 7.81. The summed E-state index contributed by atoms with van der Waals surface area (Å²) in [7, 11) is -2.24. The second kappa shape index (κ2) is 8.32. The number of pyridine rings is 1. The van der Waals surface area contributed by atoms with E-state index in [9.17, 15) is 22.7 Å². The first kappa shape index (κ1) is 22.5. The van der Waals surface area contributed by atoms with Gasteiger partial charge < -0.3 is 10.0 Å². The van der Waals surface area contributed by atoms with Gasteiger partial charge in [-0.05, 0) is 79.6 Å². The van der Waals surface area contributed by atoms with E-state index < -0.39 is 28.2 Å². The van der Waals surface area contributed by atoms with Crippen LogP contribution in [0.1, 0.15) is 16.8 Å². The van der Waals surface area contributed by atoms with Gasteiger partial charge in [0.2, 0.25) is 0 Å². The Morgan fingerprint density at radius 3 is 2.42 bits per heavy atom. The third-order valence-electron chi connectivity index (χ3n) is 5.58. The predicted molar refractivity (Wildman–Crippen MR) is 124 cm³/mol. The van der Waals surface area contributed by atoms with Crippen LogP contribution in [0.15, 0.2) is 65.7 Å². The Morgan fingerprint density at radius 1 is 1.09 bits per heavy atom. The first-order valence-corrected chi connectivity index (χ1v) is 11.6. The lowest BCUT2D eigenvalue weighted by molar-refractivity contribution is -0.136. The number of aryl methyl sites for hydroxylation is 1. The van der Waals surface area contributed by atoms with Gasteiger partial charge in [-0.2, -0.15) is 0 Å². The van der Waals surface area contributed by atoms with E-state index in [-0.39, 0.29) is 27.1 Å². The predicted octanol–water partition coefficient (Wildman–Crippen LogP) is 4.42. The molecule has 2 aromatic carbocycles. The maximum Gasteiger partial charge on any atom is 0.307 e. The fourth-order valence-electron chi connectivity index (χ4n) is 3.89. The molecule has 4 aromatic rings. The van der Waals surface area contributed by atoms with Crippen molar-refractivity contribution in [1.29, 1.82) is 0 Å². The minimum Gasteiger partial charge on any atom is -0.481 e. The number of fused-ring (bicyclic) bond motifs is 1. The van der Waals surface area contributed by atoms with Crippen LogP contribution in [0, 0.1) is 19.7 Å². The second-order valence-corrected chi connectivity index (χ2v) is 9.60. The molecule has 1 N–H and O–H groups in total. The number of carboxylic acid groups (broad SMARTS) is 1. The quantitative estimate of drug-likeness (QED) is 0.451. The molecule has 0 aliphatic carbocycles. The zero-order valence-corrected chi connectivity index (χ0v) is 19.1. The van der Waals surface area contributed by atoms with Gasteiger partial charge in [-0.1, -0.05) is 0 Å². The van der Waals surface area contributed by atoms with E-state index in [1.165, 1.54) is 31.2 Å². The minimum atomic E-state index is -4.07. The molecular formula is C24H22FN3O4S. The monoisotopic (exact) mass is 467 g/mol. The standard InChI is InChI=1S/C24H22FN3O4S/c1-15-10-11-26-23(12-15)27(3)18-5-7-19(8-6-18)33(31,32)28-16(2)20(14-24(29)30)21-13-17(25)4-9-22(21)28/h4-13H,14H2,1-3H3,(H,29,30). The number of halogens is 1. The van der Waals surface area contributed by atoms with E-state index in [4.69, 9.17) is 0 Å². The highest BCUT2D eigenvalue weighted by Crippen LogP contribution is 2.32. The Balaban J connectivity index is 1.79. The number of benzene rings is 2. The van der Waals surface area contributed by atoms with Crippen LogP contribution >= 0.6 is 0 Å². The number of aliphatic carboxylic acids is 1. The van der Waals surface area contributed by atoms with E-state index >= 15 is 0 Å². The first-order valence-electron chi connectivity index (χ1n) is 10.1. The van der Waals surface area contributed by atoms with Crippen molar-refractivity contribution in [2.45, 2.75) is 25.2 Å². The molecule has 33 heavy (non-hydrogen) atoms. The van der Waals surface area contributed by atoms with Crippen molar-refractivity contribution >= 4 is 38.4 Å². The van der Waals surface area contributed by atoms with Crippen LogP contribution in [0.2, 0.25) is 0 Å². The fraction of sp³-hybridized carbons (Fsp3) is 0.167. The summed E-state index contributed by atoms with van der Waals surface area (Å²) in [6.07, 6.45) is 1.29. The lowest BCUT2D eigenvalue weighted by Gasteiger charge is -2.19. The average Bonchev–Trinajstić information content (AvgIpc) is 3.04. The van der Waals surface area contributed by atoms with Crippen LogP contribution in [0.3, 0.4) is 0 Å². The minimum absolute atomic E-state index is 0.0306. The molecule has 2 aromatic heterocycles. The van der Waals surface area contributed by atoms with Crippen molar-refractivity contribution in [2.75, 3.05) is 11.9 Å². The Morgan fingerprint density at radius 2 is 1.79 bits per heavy atom. The SMILES string of the molecule is Cc1ccnc(N(C)c2ccc(S(=O)(=O)n3c(C)c(CC(=O)O)c4cc(F)ccc43)cc2)c1. The van der Waals surface area contributed by atoms with Crippen molar-refractivity contribution < 1.29 is 22.7 Å². The summed E-state index contributed by atoms with van der Waals surface area (Å²) in [4.78, 5) is 17.6. The van der Waals surface area contributed by atoms with Crippen molar-refractivity contribution in [3.8, 4) is 0 Å². The van der Waals surface area contributed by atoms with Gasteiger partial charge in [-0.3, -0.25) is 4.79 Å². The van der Waals surface area contributed by atoms with E-state index in [0.717, 1.165) is 27.1 Å². The van der Waals surface area contributed by atoms with Crippen LogP contribution in [0.5, 0.6) is 0 Å². The molecule has 170 valence electrons. The summed E-state index contributed by atoms with van der Waals surface area (Å²) < 4.78 is 42.1. The molecule has 0 fully saturated rings. The van der Waals surface area contributed by atoms with E-state index in [0.29, 0.717) is 0 Å². The average molecular weight is 468 g/mol. The Hall–Kier alpha value is -3.72. The zero-order chi connectivity index (χ0) is 23.9. The highest BCUT2D eigenvalue weighted by Gasteiger charge is 2.26. The zero-order valence-electron chi connectivity index (χ0n) is 18.3. The molecule has 2 heterocycles. The molecule has 4 rings (SSSR count). The maximum atomic E-state index is 13.9. The third-order valence-corrected chi connectivity index (χ3v) is 7.40. The van der Waals surface area contributed by atoms with Gasteiger partial charge in [-0.25, -0.2) is 21.8 Å². The highest BCUT2D eigenvalue weighted by atomic mass is 32.2. The van der Waals surface area contributed by atoms with Crippen LogP contribution < -0.4 is 4.90 Å². The summed E-state index contributed by atoms with van der Waals surface area (Å²) in [6.45, 7) is 3.49. The lowest BCUT2D eigenvalue weighted by Crippen LogP contribution is -2.16. The smallest absolute Gasteiger partial charge is 0.307 e. The van der Waals surface area contributed by atoms with Gasteiger partial charge in [0.15, 0.2) is 0 Å². The summed E-state index contributed by atoms with van der Waals surface area (Å²) >= 11 is 0. The maximum absolute atomic E-state index is 13.9. The van der Waals surface area contributed by atoms with Crippen LogP contribution in [-0.2, 0) is 21.2 Å². The Kier molecular flexibility index (Phi) is 5.67. The van der Waals surface area contributed by atoms with Crippen LogP contribution in [0.4, 0.5) is 15.9 Å². The number of hydrogen-bond acceptors (Lipinski definition) is 5. The first-order chi connectivity index (χ1) is 15.6.